The van der Waals surface area contributed by atoms with E-state index in [0.29, 0.717) is 11.9 Å². The van der Waals surface area contributed by atoms with Crippen molar-refractivity contribution in [3.63, 3.8) is 0 Å². The molecular formula is C16H31NO. The lowest BCUT2D eigenvalue weighted by Gasteiger charge is -2.28. The van der Waals surface area contributed by atoms with E-state index in [9.17, 15) is 4.79 Å². The molecule has 0 aromatic heterocycles. The molecule has 106 valence electrons. The zero-order chi connectivity index (χ0) is 13.2. The molecule has 2 heteroatoms. The van der Waals surface area contributed by atoms with Crippen LogP contribution in [-0.2, 0) is 4.79 Å². The highest BCUT2D eigenvalue weighted by atomic mass is 16.2. The predicted molar refractivity (Wildman–Crippen MR) is 77.6 cm³/mol. The summed E-state index contributed by atoms with van der Waals surface area (Å²) < 4.78 is 0. The molecule has 1 saturated heterocycles. The number of nitrogens with zero attached hydrogens (tertiary/aromatic N) is 1. The van der Waals surface area contributed by atoms with Crippen molar-refractivity contribution in [2.45, 2.75) is 90.5 Å². The van der Waals surface area contributed by atoms with E-state index < -0.39 is 0 Å². The lowest BCUT2D eigenvalue weighted by Crippen LogP contribution is -2.36. The Hall–Kier alpha value is -0.530. The molecule has 1 aliphatic heterocycles. The van der Waals surface area contributed by atoms with Crippen LogP contribution in [0, 0.1) is 0 Å². The highest BCUT2D eigenvalue weighted by Crippen LogP contribution is 2.22. The van der Waals surface area contributed by atoms with Gasteiger partial charge in [0.25, 0.3) is 0 Å². The lowest BCUT2D eigenvalue weighted by molar-refractivity contribution is -0.130. The Morgan fingerprint density at radius 1 is 1.00 bits per heavy atom. The molecule has 1 unspecified atom stereocenters. The average molecular weight is 253 g/mol. The van der Waals surface area contributed by atoms with Gasteiger partial charge in [0, 0.05) is 19.0 Å². The molecule has 0 N–H and O–H groups in total. The summed E-state index contributed by atoms with van der Waals surface area (Å²) >= 11 is 0. The van der Waals surface area contributed by atoms with Crippen LogP contribution >= 0.6 is 0 Å². The zero-order valence-electron chi connectivity index (χ0n) is 12.4. The van der Waals surface area contributed by atoms with Gasteiger partial charge in [-0.3, -0.25) is 4.79 Å². The van der Waals surface area contributed by atoms with E-state index in [1.165, 1.54) is 57.8 Å². The van der Waals surface area contributed by atoms with Gasteiger partial charge in [-0.2, -0.15) is 0 Å². The van der Waals surface area contributed by atoms with E-state index in [-0.39, 0.29) is 0 Å². The molecule has 1 fully saturated rings. The summed E-state index contributed by atoms with van der Waals surface area (Å²) in [7, 11) is 0. The summed E-state index contributed by atoms with van der Waals surface area (Å²) in [4.78, 5) is 14.0. The first-order chi connectivity index (χ1) is 8.79. The Kier molecular flexibility index (Phi) is 8.11. The van der Waals surface area contributed by atoms with Crippen LogP contribution in [-0.4, -0.2) is 23.4 Å². The highest BCUT2D eigenvalue weighted by Gasteiger charge is 2.26. The van der Waals surface area contributed by atoms with Gasteiger partial charge in [0.1, 0.15) is 0 Å². The van der Waals surface area contributed by atoms with Crippen LogP contribution in [0.3, 0.4) is 0 Å². The molecule has 0 radical (unpaired) electrons. The Bertz CT molecular complexity index is 227. The molecule has 2 nitrogen and oxygen atoms in total. The lowest BCUT2D eigenvalue weighted by atomic mass is 10.0. The molecule has 1 heterocycles. The van der Waals surface area contributed by atoms with Crippen LogP contribution in [0.2, 0.25) is 0 Å². The number of hydrogen-bond acceptors (Lipinski definition) is 1. The second-order valence-electron chi connectivity index (χ2n) is 5.69. The number of carbonyl (C=O) groups is 1. The predicted octanol–water partition coefficient (Wildman–Crippen LogP) is 4.53. The quantitative estimate of drug-likeness (QED) is 0.524. The number of hydrogen-bond donors (Lipinski definition) is 0. The number of unbranched alkanes of at least 4 members (excludes halogenated alkanes) is 5. The Labute approximate surface area is 113 Å². The smallest absolute Gasteiger partial charge is 0.222 e. The first kappa shape index (κ1) is 15.5. The van der Waals surface area contributed by atoms with Crippen molar-refractivity contribution in [2.24, 2.45) is 0 Å². The minimum atomic E-state index is 0.409. The van der Waals surface area contributed by atoms with Gasteiger partial charge in [-0.05, 0) is 19.3 Å². The molecule has 0 bridgehead atoms. The summed E-state index contributed by atoms with van der Waals surface area (Å²) in [6.07, 6.45) is 13.5. The average Bonchev–Trinajstić information content (AvgIpc) is 2.79. The zero-order valence-corrected chi connectivity index (χ0v) is 12.4. The van der Waals surface area contributed by atoms with Gasteiger partial charge in [0.2, 0.25) is 5.91 Å². The van der Waals surface area contributed by atoms with E-state index in [1.54, 1.807) is 0 Å². The summed E-state index contributed by atoms with van der Waals surface area (Å²) in [6.45, 7) is 5.52. The van der Waals surface area contributed by atoms with E-state index in [0.717, 1.165) is 19.4 Å². The van der Waals surface area contributed by atoms with Crippen molar-refractivity contribution in [2.75, 3.05) is 6.54 Å². The van der Waals surface area contributed by atoms with Crippen molar-refractivity contribution >= 4 is 5.91 Å². The minimum Gasteiger partial charge on any atom is -0.340 e. The second kappa shape index (κ2) is 9.41. The molecule has 0 spiro atoms. The molecule has 1 rings (SSSR count). The van der Waals surface area contributed by atoms with Crippen molar-refractivity contribution in [1.29, 1.82) is 0 Å². The van der Waals surface area contributed by atoms with Crippen LogP contribution in [0.1, 0.15) is 84.5 Å². The van der Waals surface area contributed by atoms with Crippen LogP contribution in [0.5, 0.6) is 0 Å². The minimum absolute atomic E-state index is 0.409. The van der Waals surface area contributed by atoms with Crippen LogP contribution in [0.25, 0.3) is 0 Å². The molecule has 18 heavy (non-hydrogen) atoms. The Morgan fingerprint density at radius 2 is 1.61 bits per heavy atom. The molecule has 1 aliphatic rings. The Balaban J connectivity index is 2.33. The molecule has 0 saturated carbocycles. The van der Waals surface area contributed by atoms with Crippen molar-refractivity contribution in [3.05, 3.63) is 0 Å². The normalized spacial score (nSPS) is 17.4. The third kappa shape index (κ3) is 5.41. The van der Waals surface area contributed by atoms with E-state index in [2.05, 4.69) is 18.7 Å². The first-order valence-electron chi connectivity index (χ1n) is 8.09. The van der Waals surface area contributed by atoms with Crippen LogP contribution < -0.4 is 0 Å². The maximum atomic E-state index is 11.9. The van der Waals surface area contributed by atoms with Crippen molar-refractivity contribution in [1.82, 2.24) is 4.90 Å². The van der Waals surface area contributed by atoms with Gasteiger partial charge in [-0.1, -0.05) is 58.8 Å². The van der Waals surface area contributed by atoms with Crippen LogP contribution in [0.15, 0.2) is 0 Å². The van der Waals surface area contributed by atoms with Gasteiger partial charge < -0.3 is 4.90 Å². The van der Waals surface area contributed by atoms with Gasteiger partial charge in [-0.25, -0.2) is 0 Å². The fraction of sp³-hybridized carbons (Fsp3) is 0.938. The highest BCUT2D eigenvalue weighted by molar-refractivity contribution is 5.78. The largest absolute Gasteiger partial charge is 0.340 e. The maximum absolute atomic E-state index is 11.9. The van der Waals surface area contributed by atoms with Gasteiger partial charge in [-0.15, -0.1) is 0 Å². The maximum Gasteiger partial charge on any atom is 0.222 e. The molecule has 0 aromatic rings. The number of carbonyl (C=O) groups excluding carboxylic acids is 1. The summed E-state index contributed by atoms with van der Waals surface area (Å²) in [5, 5.41) is 0. The molecule has 0 aliphatic carbocycles. The molecule has 1 amide bonds. The molecular weight excluding hydrogens is 222 g/mol. The summed E-state index contributed by atoms with van der Waals surface area (Å²) in [6, 6.07) is 0.545. The number of rotatable bonds is 10. The van der Waals surface area contributed by atoms with Gasteiger partial charge in [0.15, 0.2) is 0 Å². The second-order valence-corrected chi connectivity index (χ2v) is 5.69. The fourth-order valence-electron chi connectivity index (χ4n) is 2.95. The van der Waals surface area contributed by atoms with E-state index >= 15 is 0 Å². The SMILES string of the molecule is CCCCCCC(CCCCC)N1CCCC1=O. The van der Waals surface area contributed by atoms with Gasteiger partial charge in [0.05, 0.1) is 0 Å². The number of amides is 1. The topological polar surface area (TPSA) is 20.3 Å². The fourth-order valence-corrected chi connectivity index (χ4v) is 2.95. The van der Waals surface area contributed by atoms with Crippen molar-refractivity contribution in [3.8, 4) is 0 Å². The van der Waals surface area contributed by atoms with Crippen LogP contribution in [0.4, 0.5) is 0 Å². The molecule has 0 aromatic carbocycles. The molecule has 1 atom stereocenters. The first-order valence-corrected chi connectivity index (χ1v) is 8.09. The monoisotopic (exact) mass is 253 g/mol. The van der Waals surface area contributed by atoms with Gasteiger partial charge >= 0.3 is 0 Å². The Morgan fingerprint density at radius 3 is 2.17 bits per heavy atom. The summed E-state index contributed by atoms with van der Waals surface area (Å²) in [5.74, 6) is 0.409. The third-order valence-corrected chi connectivity index (χ3v) is 4.08. The van der Waals surface area contributed by atoms with Crippen molar-refractivity contribution < 1.29 is 4.79 Å². The third-order valence-electron chi connectivity index (χ3n) is 4.08. The number of likely N-dealkylation sites (tertiary alicyclic amines) is 1. The van der Waals surface area contributed by atoms with E-state index in [1.807, 2.05) is 0 Å². The standard InChI is InChI=1S/C16H31NO/c1-3-5-7-9-12-15(11-8-6-4-2)17-14-10-13-16(17)18/h15H,3-14H2,1-2H3. The van der Waals surface area contributed by atoms with E-state index in [4.69, 9.17) is 0 Å². The summed E-state index contributed by atoms with van der Waals surface area (Å²) in [5.41, 5.74) is 0.